The van der Waals surface area contributed by atoms with Gasteiger partial charge in [-0.25, -0.2) is 0 Å². The first-order valence-electron chi connectivity index (χ1n) is 9.05. The van der Waals surface area contributed by atoms with Gasteiger partial charge in [-0.3, -0.25) is 0 Å². The van der Waals surface area contributed by atoms with E-state index in [2.05, 4.69) is 47.0 Å². The minimum absolute atomic E-state index is 0.727. The molecule has 2 unspecified atom stereocenters. The molecule has 1 aromatic rings. The Bertz CT molecular complexity index is 486. The van der Waals surface area contributed by atoms with Gasteiger partial charge in [0.1, 0.15) is 0 Å². The Balaban J connectivity index is 0.000000410. The standard InChI is InChI=1S/C15H21N3.2C2H6/c1-16-7-6-13-12(10-16)11-4-3-5-14-15(11)18(13)9-8-17(14)2;2*1-2/h3-5,12-13H,6-10H2,1-2H3;2*1-2H3. The number of likely N-dealkylation sites (tertiary alicyclic amines) is 1. The Kier molecular flexibility index (Phi) is 5.74. The molecule has 3 aliphatic heterocycles. The highest BCUT2D eigenvalue weighted by Gasteiger charge is 2.43. The Hall–Kier alpha value is -1.22. The van der Waals surface area contributed by atoms with Crippen molar-refractivity contribution in [1.29, 1.82) is 0 Å². The molecule has 1 fully saturated rings. The van der Waals surface area contributed by atoms with Gasteiger partial charge >= 0.3 is 0 Å². The first-order valence-corrected chi connectivity index (χ1v) is 9.05. The summed E-state index contributed by atoms with van der Waals surface area (Å²) in [5.74, 6) is 0.727. The van der Waals surface area contributed by atoms with Crippen molar-refractivity contribution >= 4 is 11.4 Å². The van der Waals surface area contributed by atoms with Gasteiger partial charge < -0.3 is 14.7 Å². The molecule has 1 aromatic carbocycles. The lowest BCUT2D eigenvalue weighted by Gasteiger charge is -2.40. The summed E-state index contributed by atoms with van der Waals surface area (Å²) < 4.78 is 0. The second-order valence-electron chi connectivity index (χ2n) is 6.05. The number of rotatable bonds is 0. The summed E-state index contributed by atoms with van der Waals surface area (Å²) in [5, 5.41) is 0. The molecule has 3 aliphatic rings. The van der Waals surface area contributed by atoms with Crippen LogP contribution in [0.4, 0.5) is 11.4 Å². The molecule has 0 radical (unpaired) electrons. The fourth-order valence-corrected chi connectivity index (χ4v) is 4.07. The average molecular weight is 303 g/mol. The van der Waals surface area contributed by atoms with Gasteiger partial charge in [-0.2, -0.15) is 0 Å². The van der Waals surface area contributed by atoms with E-state index in [9.17, 15) is 0 Å². The molecule has 0 spiro atoms. The third kappa shape index (κ3) is 2.71. The summed E-state index contributed by atoms with van der Waals surface area (Å²) in [5.41, 5.74) is 4.57. The van der Waals surface area contributed by atoms with Crippen molar-refractivity contribution in [3.05, 3.63) is 23.8 Å². The van der Waals surface area contributed by atoms with Crippen LogP contribution in [-0.4, -0.2) is 51.2 Å². The summed E-state index contributed by atoms with van der Waals surface area (Å²) in [6, 6.07) is 7.64. The van der Waals surface area contributed by atoms with Crippen LogP contribution < -0.4 is 9.80 Å². The first kappa shape index (κ1) is 17.1. The fourth-order valence-electron chi connectivity index (χ4n) is 4.07. The number of fused-ring (bicyclic) bond motifs is 3. The molecular formula is C19H33N3. The molecule has 3 heteroatoms. The third-order valence-corrected chi connectivity index (χ3v) is 5.00. The van der Waals surface area contributed by atoms with Crippen molar-refractivity contribution in [2.45, 2.75) is 46.1 Å². The molecule has 1 saturated heterocycles. The van der Waals surface area contributed by atoms with Gasteiger partial charge in [-0.15, -0.1) is 0 Å². The van der Waals surface area contributed by atoms with Crippen LogP contribution >= 0.6 is 0 Å². The van der Waals surface area contributed by atoms with Gasteiger partial charge in [-0.05, 0) is 31.6 Å². The van der Waals surface area contributed by atoms with E-state index in [1.54, 1.807) is 5.56 Å². The molecule has 3 heterocycles. The Morgan fingerprint density at radius 2 is 1.68 bits per heavy atom. The van der Waals surface area contributed by atoms with E-state index < -0.39 is 0 Å². The zero-order chi connectivity index (χ0) is 16.3. The number of benzene rings is 1. The number of hydrogen-bond donors (Lipinski definition) is 0. The maximum atomic E-state index is 2.70. The zero-order valence-corrected chi connectivity index (χ0v) is 15.3. The van der Waals surface area contributed by atoms with Crippen molar-refractivity contribution in [1.82, 2.24) is 4.90 Å². The Morgan fingerprint density at radius 3 is 2.41 bits per heavy atom. The highest BCUT2D eigenvalue weighted by molar-refractivity contribution is 5.80. The summed E-state index contributed by atoms with van der Waals surface area (Å²) in [6.07, 6.45) is 1.32. The molecule has 4 rings (SSSR count). The molecule has 0 bridgehead atoms. The smallest absolute Gasteiger partial charge is 0.0644 e. The fraction of sp³-hybridized carbons (Fsp3) is 0.684. The molecule has 0 saturated carbocycles. The van der Waals surface area contributed by atoms with Crippen molar-refractivity contribution in [3.63, 3.8) is 0 Å². The minimum Gasteiger partial charge on any atom is -0.371 e. The quantitative estimate of drug-likeness (QED) is 0.722. The predicted octanol–water partition coefficient (Wildman–Crippen LogP) is 3.80. The van der Waals surface area contributed by atoms with Gasteiger partial charge in [0.05, 0.1) is 11.4 Å². The van der Waals surface area contributed by atoms with Crippen molar-refractivity contribution in [3.8, 4) is 0 Å². The van der Waals surface area contributed by atoms with Crippen LogP contribution in [0.5, 0.6) is 0 Å². The minimum atomic E-state index is 0.727. The monoisotopic (exact) mass is 303 g/mol. The van der Waals surface area contributed by atoms with Gasteiger partial charge in [0.15, 0.2) is 0 Å². The highest BCUT2D eigenvalue weighted by Crippen LogP contribution is 2.50. The number of likely N-dealkylation sites (N-methyl/N-ethyl adjacent to an activating group) is 2. The van der Waals surface area contributed by atoms with Crippen LogP contribution in [-0.2, 0) is 0 Å². The van der Waals surface area contributed by atoms with Gasteiger partial charge in [0, 0.05) is 38.6 Å². The first-order chi connectivity index (χ1) is 10.8. The Labute approximate surface area is 136 Å². The van der Waals surface area contributed by atoms with Crippen LogP contribution in [0.2, 0.25) is 0 Å². The van der Waals surface area contributed by atoms with Crippen molar-refractivity contribution in [2.24, 2.45) is 0 Å². The maximum absolute atomic E-state index is 2.70. The van der Waals surface area contributed by atoms with E-state index >= 15 is 0 Å². The van der Waals surface area contributed by atoms with E-state index in [0.29, 0.717) is 0 Å². The maximum Gasteiger partial charge on any atom is 0.0644 e. The van der Waals surface area contributed by atoms with Gasteiger partial charge in [0.2, 0.25) is 0 Å². The highest BCUT2D eigenvalue weighted by atomic mass is 15.3. The summed E-state index contributed by atoms with van der Waals surface area (Å²) in [4.78, 5) is 7.60. The normalized spacial score (nSPS) is 25.4. The molecule has 124 valence electrons. The van der Waals surface area contributed by atoms with E-state index in [-0.39, 0.29) is 0 Å². The van der Waals surface area contributed by atoms with Gasteiger partial charge in [0.25, 0.3) is 0 Å². The lowest BCUT2D eigenvalue weighted by atomic mass is 9.89. The molecule has 22 heavy (non-hydrogen) atoms. The van der Waals surface area contributed by atoms with Crippen LogP contribution in [0.1, 0.15) is 45.6 Å². The lowest BCUT2D eigenvalue weighted by Crippen LogP contribution is -2.48. The van der Waals surface area contributed by atoms with Crippen LogP contribution in [0.15, 0.2) is 18.2 Å². The number of para-hydroxylation sites is 1. The largest absolute Gasteiger partial charge is 0.371 e. The lowest BCUT2D eigenvalue weighted by molar-refractivity contribution is 0.231. The summed E-state index contributed by atoms with van der Waals surface area (Å²) >= 11 is 0. The van der Waals surface area contributed by atoms with E-state index in [1.165, 1.54) is 37.4 Å². The SMILES string of the molecule is CC.CC.CN1CCC2C(C1)c1cccc3c1N2CCN3C. The van der Waals surface area contributed by atoms with E-state index in [1.807, 2.05) is 27.7 Å². The van der Waals surface area contributed by atoms with Crippen molar-refractivity contribution < 1.29 is 0 Å². The second-order valence-corrected chi connectivity index (χ2v) is 6.05. The topological polar surface area (TPSA) is 9.72 Å². The zero-order valence-electron chi connectivity index (χ0n) is 15.3. The molecule has 0 aromatic heterocycles. The number of piperidine rings is 1. The molecule has 0 N–H and O–H groups in total. The number of hydrogen-bond acceptors (Lipinski definition) is 3. The second kappa shape index (κ2) is 7.36. The number of anilines is 2. The molecule has 2 atom stereocenters. The third-order valence-electron chi connectivity index (χ3n) is 5.00. The average Bonchev–Trinajstić information content (AvgIpc) is 2.89. The van der Waals surface area contributed by atoms with E-state index in [4.69, 9.17) is 0 Å². The summed E-state index contributed by atoms with van der Waals surface area (Å²) in [6.45, 7) is 12.8. The summed E-state index contributed by atoms with van der Waals surface area (Å²) in [7, 11) is 4.48. The molecule has 3 nitrogen and oxygen atoms in total. The van der Waals surface area contributed by atoms with Crippen LogP contribution in [0.3, 0.4) is 0 Å². The molecule has 0 amide bonds. The molecule has 0 aliphatic carbocycles. The Morgan fingerprint density at radius 1 is 0.955 bits per heavy atom. The molecular weight excluding hydrogens is 270 g/mol. The van der Waals surface area contributed by atoms with Crippen LogP contribution in [0, 0.1) is 0 Å². The van der Waals surface area contributed by atoms with E-state index in [0.717, 1.165) is 18.5 Å². The van der Waals surface area contributed by atoms with Gasteiger partial charge in [-0.1, -0.05) is 39.8 Å². The number of nitrogens with zero attached hydrogens (tertiary/aromatic N) is 3. The predicted molar refractivity (Wildman–Crippen MR) is 98.4 cm³/mol. The van der Waals surface area contributed by atoms with Crippen LogP contribution in [0.25, 0.3) is 0 Å². The van der Waals surface area contributed by atoms with Crippen molar-refractivity contribution in [2.75, 3.05) is 50.1 Å².